The smallest absolute Gasteiger partial charge is 0.178 e. The van der Waals surface area contributed by atoms with Crippen LogP contribution in [0.1, 0.15) is 19.7 Å². The molecule has 0 spiro atoms. The van der Waals surface area contributed by atoms with E-state index in [9.17, 15) is 0 Å². The molecule has 2 aromatic rings. The third-order valence-electron chi connectivity index (χ3n) is 3.56. The lowest BCUT2D eigenvalue weighted by Gasteiger charge is -2.43. The van der Waals surface area contributed by atoms with E-state index in [0.29, 0.717) is 6.61 Å². The van der Waals surface area contributed by atoms with E-state index in [2.05, 4.69) is 34.0 Å². The Labute approximate surface area is 123 Å². The number of morpholine rings is 1. The van der Waals surface area contributed by atoms with Crippen LogP contribution in [0.4, 0.5) is 5.82 Å². The average Bonchev–Trinajstić information content (AvgIpc) is 2.79. The van der Waals surface area contributed by atoms with E-state index >= 15 is 0 Å². The Balaban J connectivity index is 1.90. The Morgan fingerprint density at radius 3 is 2.95 bits per heavy atom. The molecular weight excluding hydrogens is 270 g/mol. The topological polar surface area (TPSA) is 64.8 Å². The van der Waals surface area contributed by atoms with Crippen molar-refractivity contribution in [2.75, 3.05) is 31.7 Å². The fourth-order valence-electron chi connectivity index (χ4n) is 2.80. The first kappa shape index (κ1) is 14.2. The maximum atomic E-state index is 6.04. The van der Waals surface area contributed by atoms with Gasteiger partial charge in [0.05, 0.1) is 18.3 Å². The summed E-state index contributed by atoms with van der Waals surface area (Å²) in [5.41, 5.74) is 0.526. The molecule has 3 rings (SSSR count). The van der Waals surface area contributed by atoms with E-state index in [4.69, 9.17) is 9.47 Å². The SMILES string of the molecule is COC[C@H]1CN(c2ccc3nnc(C)n3n2)CC(C)(C)O1. The predicted molar refractivity (Wildman–Crippen MR) is 78.6 cm³/mol. The van der Waals surface area contributed by atoms with Crippen LogP contribution in [0.3, 0.4) is 0 Å². The second-order valence-corrected chi connectivity index (χ2v) is 6.04. The van der Waals surface area contributed by atoms with Gasteiger partial charge in [-0.15, -0.1) is 15.3 Å². The molecule has 0 amide bonds. The van der Waals surface area contributed by atoms with Gasteiger partial charge < -0.3 is 14.4 Å². The molecular formula is C14H21N5O2. The molecule has 0 aromatic carbocycles. The summed E-state index contributed by atoms with van der Waals surface area (Å²) in [5, 5.41) is 12.7. The van der Waals surface area contributed by atoms with Crippen LogP contribution >= 0.6 is 0 Å². The molecule has 21 heavy (non-hydrogen) atoms. The van der Waals surface area contributed by atoms with Crippen molar-refractivity contribution in [2.24, 2.45) is 0 Å². The molecule has 0 unspecified atom stereocenters. The summed E-state index contributed by atoms with van der Waals surface area (Å²) in [5.74, 6) is 1.69. The molecule has 0 saturated carbocycles. The highest BCUT2D eigenvalue weighted by molar-refractivity contribution is 5.46. The highest BCUT2D eigenvalue weighted by Gasteiger charge is 2.34. The molecule has 0 N–H and O–H groups in total. The minimum Gasteiger partial charge on any atom is -0.382 e. The number of methoxy groups -OCH3 is 1. The monoisotopic (exact) mass is 291 g/mol. The lowest BCUT2D eigenvalue weighted by Crippen LogP contribution is -2.54. The molecule has 1 aliphatic rings. The van der Waals surface area contributed by atoms with Gasteiger partial charge in [-0.2, -0.15) is 4.52 Å². The van der Waals surface area contributed by atoms with Crippen LogP contribution in [0.25, 0.3) is 5.65 Å². The van der Waals surface area contributed by atoms with Gasteiger partial charge in [0.1, 0.15) is 5.82 Å². The second kappa shape index (κ2) is 5.23. The van der Waals surface area contributed by atoms with E-state index < -0.39 is 0 Å². The number of hydrogen-bond acceptors (Lipinski definition) is 6. The number of aryl methyl sites for hydroxylation is 1. The molecule has 1 saturated heterocycles. The van der Waals surface area contributed by atoms with Gasteiger partial charge in [-0.3, -0.25) is 0 Å². The molecule has 3 heterocycles. The molecule has 1 aliphatic heterocycles. The van der Waals surface area contributed by atoms with E-state index in [0.717, 1.165) is 30.4 Å². The Kier molecular flexibility index (Phi) is 3.54. The number of anilines is 1. The fourth-order valence-corrected chi connectivity index (χ4v) is 2.80. The Morgan fingerprint density at radius 1 is 1.38 bits per heavy atom. The molecule has 1 atom stereocenters. The quantitative estimate of drug-likeness (QED) is 0.842. The molecule has 0 aliphatic carbocycles. The van der Waals surface area contributed by atoms with Crippen molar-refractivity contribution in [3.05, 3.63) is 18.0 Å². The van der Waals surface area contributed by atoms with E-state index in [1.54, 1.807) is 11.6 Å². The fraction of sp³-hybridized carbons (Fsp3) is 0.643. The van der Waals surface area contributed by atoms with Crippen LogP contribution < -0.4 is 4.90 Å². The van der Waals surface area contributed by atoms with Crippen molar-refractivity contribution in [3.63, 3.8) is 0 Å². The van der Waals surface area contributed by atoms with Crippen LogP contribution in [0.15, 0.2) is 12.1 Å². The zero-order valence-corrected chi connectivity index (χ0v) is 12.9. The molecule has 2 aromatic heterocycles. The number of ether oxygens (including phenoxy) is 2. The lowest BCUT2D eigenvalue weighted by molar-refractivity contribution is -0.106. The predicted octanol–water partition coefficient (Wildman–Crippen LogP) is 1.06. The maximum absolute atomic E-state index is 6.04. The van der Waals surface area contributed by atoms with Crippen molar-refractivity contribution in [3.8, 4) is 0 Å². The normalized spacial score (nSPS) is 21.9. The minimum atomic E-state index is -0.236. The largest absolute Gasteiger partial charge is 0.382 e. The van der Waals surface area contributed by atoms with Gasteiger partial charge in [0, 0.05) is 20.2 Å². The maximum Gasteiger partial charge on any atom is 0.178 e. The van der Waals surface area contributed by atoms with Crippen LogP contribution in [-0.2, 0) is 9.47 Å². The summed E-state index contributed by atoms with van der Waals surface area (Å²) in [4.78, 5) is 2.23. The Morgan fingerprint density at radius 2 is 2.19 bits per heavy atom. The lowest BCUT2D eigenvalue weighted by atomic mass is 10.1. The van der Waals surface area contributed by atoms with Crippen molar-refractivity contribution < 1.29 is 9.47 Å². The number of rotatable bonds is 3. The van der Waals surface area contributed by atoms with Crippen molar-refractivity contribution in [1.82, 2.24) is 19.8 Å². The molecule has 7 nitrogen and oxygen atoms in total. The van der Waals surface area contributed by atoms with E-state index in [-0.39, 0.29) is 11.7 Å². The first-order valence-corrected chi connectivity index (χ1v) is 7.09. The second-order valence-electron chi connectivity index (χ2n) is 6.04. The molecule has 0 radical (unpaired) electrons. The van der Waals surface area contributed by atoms with Crippen molar-refractivity contribution >= 4 is 11.5 Å². The van der Waals surface area contributed by atoms with Gasteiger partial charge in [-0.1, -0.05) is 0 Å². The third-order valence-corrected chi connectivity index (χ3v) is 3.56. The molecule has 1 fully saturated rings. The number of aromatic nitrogens is 4. The van der Waals surface area contributed by atoms with Gasteiger partial charge in [0.25, 0.3) is 0 Å². The van der Waals surface area contributed by atoms with Gasteiger partial charge in [0.2, 0.25) is 0 Å². The summed E-state index contributed by atoms with van der Waals surface area (Å²) >= 11 is 0. The van der Waals surface area contributed by atoms with Gasteiger partial charge in [-0.05, 0) is 32.9 Å². The average molecular weight is 291 g/mol. The summed E-state index contributed by atoms with van der Waals surface area (Å²) in [7, 11) is 1.69. The summed E-state index contributed by atoms with van der Waals surface area (Å²) in [6, 6.07) is 3.92. The molecule has 0 bridgehead atoms. The Hall–Kier alpha value is -1.73. The number of fused-ring (bicyclic) bond motifs is 1. The van der Waals surface area contributed by atoms with Gasteiger partial charge in [-0.25, -0.2) is 0 Å². The van der Waals surface area contributed by atoms with Crippen molar-refractivity contribution in [2.45, 2.75) is 32.5 Å². The standard InChI is InChI=1S/C14H21N5O2/c1-10-15-16-12-5-6-13(17-19(10)12)18-7-11(8-20-4)21-14(2,3)9-18/h5-6,11H,7-9H2,1-4H3/t11-/m1/s1. The summed E-state index contributed by atoms with van der Waals surface area (Å²) in [6.45, 7) is 8.19. The zero-order chi connectivity index (χ0) is 15.0. The molecule has 114 valence electrons. The highest BCUT2D eigenvalue weighted by Crippen LogP contribution is 2.25. The van der Waals surface area contributed by atoms with Crippen LogP contribution in [-0.4, -0.2) is 58.3 Å². The zero-order valence-electron chi connectivity index (χ0n) is 12.9. The summed E-state index contributed by atoms with van der Waals surface area (Å²) in [6.07, 6.45) is 0.0401. The summed E-state index contributed by atoms with van der Waals surface area (Å²) < 4.78 is 13.0. The van der Waals surface area contributed by atoms with E-state index in [1.165, 1.54) is 0 Å². The van der Waals surface area contributed by atoms with Crippen LogP contribution in [0.5, 0.6) is 0 Å². The Bertz CT molecular complexity index is 639. The first-order chi connectivity index (χ1) is 9.98. The molecule has 7 heteroatoms. The van der Waals surface area contributed by atoms with Crippen LogP contribution in [0.2, 0.25) is 0 Å². The third kappa shape index (κ3) is 2.84. The van der Waals surface area contributed by atoms with Gasteiger partial charge in [0.15, 0.2) is 11.5 Å². The van der Waals surface area contributed by atoms with E-state index in [1.807, 2.05) is 19.1 Å². The number of hydrogen-bond donors (Lipinski definition) is 0. The number of nitrogens with zero attached hydrogens (tertiary/aromatic N) is 5. The van der Waals surface area contributed by atoms with Crippen LogP contribution in [0, 0.1) is 6.92 Å². The first-order valence-electron chi connectivity index (χ1n) is 7.09. The van der Waals surface area contributed by atoms with Crippen molar-refractivity contribution in [1.29, 1.82) is 0 Å². The van der Waals surface area contributed by atoms with Gasteiger partial charge >= 0.3 is 0 Å². The highest BCUT2D eigenvalue weighted by atomic mass is 16.5. The minimum absolute atomic E-state index is 0.0401.